The van der Waals surface area contributed by atoms with Gasteiger partial charge in [-0.05, 0) is 23.5 Å². The molecule has 2 aromatic rings. The van der Waals surface area contributed by atoms with Crippen molar-refractivity contribution in [2.45, 2.75) is 27.7 Å². The fourth-order valence-corrected chi connectivity index (χ4v) is 2.74. The number of hydrogen-bond acceptors (Lipinski definition) is 3. The molecule has 0 aromatic heterocycles. The second-order valence-electron chi connectivity index (χ2n) is 7.20. The van der Waals surface area contributed by atoms with Crippen molar-refractivity contribution in [3.05, 3.63) is 59.2 Å². The molecule has 0 N–H and O–H groups in total. The zero-order chi connectivity index (χ0) is 18.6. The molecular weight excluding hydrogens is 312 g/mol. The Morgan fingerprint density at radius 3 is 1.76 bits per heavy atom. The summed E-state index contributed by atoms with van der Waals surface area (Å²) in [6.45, 7) is 8.64. The van der Waals surface area contributed by atoms with Gasteiger partial charge in [-0.1, -0.05) is 56.7 Å². The van der Waals surface area contributed by atoms with Crippen molar-refractivity contribution in [2.75, 3.05) is 21.3 Å². The van der Waals surface area contributed by atoms with E-state index in [0.29, 0.717) is 5.75 Å². The lowest BCUT2D eigenvalue weighted by atomic mass is 9.87. The SMILES string of the molecule is COc1cc(OC)c(/C(=C\C(C)(C)C)c2ccc(C)cc2)c(OC)c1. The number of rotatable bonds is 5. The molecule has 0 atom stereocenters. The second-order valence-corrected chi connectivity index (χ2v) is 7.20. The molecule has 3 nitrogen and oxygen atoms in total. The van der Waals surface area contributed by atoms with Gasteiger partial charge < -0.3 is 14.2 Å². The first-order valence-electron chi connectivity index (χ1n) is 8.39. The van der Waals surface area contributed by atoms with E-state index in [1.54, 1.807) is 21.3 Å². The van der Waals surface area contributed by atoms with Gasteiger partial charge in [-0.25, -0.2) is 0 Å². The summed E-state index contributed by atoms with van der Waals surface area (Å²) in [6, 6.07) is 12.3. The standard InChI is InChI=1S/C22H28O3/c1-15-8-10-16(11-9-15)18(14-22(2,3)4)21-19(24-6)12-17(23-5)13-20(21)25-7/h8-14H,1-7H3/b18-14-. The molecule has 0 spiro atoms. The minimum Gasteiger partial charge on any atom is -0.496 e. The topological polar surface area (TPSA) is 27.7 Å². The van der Waals surface area contributed by atoms with E-state index in [0.717, 1.165) is 28.2 Å². The van der Waals surface area contributed by atoms with Gasteiger partial charge in [0.05, 0.1) is 26.9 Å². The fourth-order valence-electron chi connectivity index (χ4n) is 2.74. The number of ether oxygens (including phenoxy) is 3. The Labute approximate surface area is 151 Å². The van der Waals surface area contributed by atoms with Crippen LogP contribution in [-0.4, -0.2) is 21.3 Å². The van der Waals surface area contributed by atoms with Crippen LogP contribution in [0.3, 0.4) is 0 Å². The third-order valence-electron chi connectivity index (χ3n) is 3.92. The molecule has 3 heteroatoms. The highest BCUT2D eigenvalue weighted by Crippen LogP contribution is 2.42. The largest absolute Gasteiger partial charge is 0.496 e. The Balaban J connectivity index is 2.78. The minimum absolute atomic E-state index is 0.00380. The maximum Gasteiger partial charge on any atom is 0.134 e. The molecule has 0 saturated carbocycles. The summed E-state index contributed by atoms with van der Waals surface area (Å²) < 4.78 is 16.7. The van der Waals surface area contributed by atoms with Crippen LogP contribution in [0.1, 0.15) is 37.5 Å². The van der Waals surface area contributed by atoms with E-state index in [4.69, 9.17) is 14.2 Å². The summed E-state index contributed by atoms with van der Waals surface area (Å²) in [4.78, 5) is 0. The van der Waals surface area contributed by atoms with Gasteiger partial charge in [-0.3, -0.25) is 0 Å². The first-order chi connectivity index (χ1) is 11.8. The first kappa shape index (κ1) is 18.9. The van der Waals surface area contributed by atoms with Gasteiger partial charge >= 0.3 is 0 Å². The van der Waals surface area contributed by atoms with Crippen molar-refractivity contribution in [3.63, 3.8) is 0 Å². The highest BCUT2D eigenvalue weighted by atomic mass is 16.5. The number of allylic oxidation sites excluding steroid dienone is 1. The van der Waals surface area contributed by atoms with Crippen LogP contribution in [0.2, 0.25) is 0 Å². The number of hydrogen-bond donors (Lipinski definition) is 0. The molecule has 0 saturated heterocycles. The zero-order valence-electron chi connectivity index (χ0n) is 16.3. The molecule has 0 heterocycles. The van der Waals surface area contributed by atoms with Crippen LogP contribution >= 0.6 is 0 Å². The van der Waals surface area contributed by atoms with Gasteiger partial charge in [0, 0.05) is 12.1 Å². The van der Waals surface area contributed by atoms with Crippen molar-refractivity contribution < 1.29 is 14.2 Å². The molecular formula is C22H28O3. The van der Waals surface area contributed by atoms with Crippen LogP contribution < -0.4 is 14.2 Å². The third kappa shape index (κ3) is 4.56. The lowest BCUT2D eigenvalue weighted by Crippen LogP contribution is -2.05. The molecule has 2 aromatic carbocycles. The molecule has 0 bridgehead atoms. The van der Waals surface area contributed by atoms with Gasteiger partial charge in [0.1, 0.15) is 17.2 Å². The van der Waals surface area contributed by atoms with Crippen LogP contribution in [0.25, 0.3) is 5.57 Å². The summed E-state index contributed by atoms with van der Waals surface area (Å²) in [5.41, 5.74) is 4.37. The fraction of sp³-hybridized carbons (Fsp3) is 0.364. The summed E-state index contributed by atoms with van der Waals surface area (Å²) in [5.74, 6) is 2.16. The molecule has 2 rings (SSSR count). The molecule has 0 aliphatic rings. The van der Waals surface area contributed by atoms with Crippen LogP contribution in [-0.2, 0) is 0 Å². The van der Waals surface area contributed by atoms with Crippen molar-refractivity contribution in [1.82, 2.24) is 0 Å². The molecule has 0 fully saturated rings. The Bertz CT molecular complexity index is 725. The predicted octanol–water partition coefficient (Wildman–Crippen LogP) is 5.50. The Morgan fingerprint density at radius 1 is 0.840 bits per heavy atom. The quantitative estimate of drug-likeness (QED) is 0.719. The molecule has 0 aliphatic heterocycles. The average Bonchev–Trinajstić information content (AvgIpc) is 2.58. The van der Waals surface area contributed by atoms with Crippen LogP contribution in [0, 0.1) is 12.3 Å². The molecule has 0 radical (unpaired) electrons. The van der Waals surface area contributed by atoms with E-state index in [1.165, 1.54) is 5.56 Å². The van der Waals surface area contributed by atoms with E-state index in [2.05, 4.69) is 58.0 Å². The van der Waals surface area contributed by atoms with Gasteiger partial charge in [0.15, 0.2) is 0 Å². The van der Waals surface area contributed by atoms with Crippen molar-refractivity contribution in [1.29, 1.82) is 0 Å². The maximum absolute atomic E-state index is 5.67. The minimum atomic E-state index is -0.00380. The highest BCUT2D eigenvalue weighted by molar-refractivity contribution is 5.87. The summed E-state index contributed by atoms with van der Waals surface area (Å²) in [5, 5.41) is 0. The lowest BCUT2D eigenvalue weighted by molar-refractivity contribution is 0.373. The molecule has 25 heavy (non-hydrogen) atoms. The van der Waals surface area contributed by atoms with E-state index >= 15 is 0 Å². The molecule has 0 amide bonds. The van der Waals surface area contributed by atoms with Crippen LogP contribution in [0.15, 0.2) is 42.5 Å². The average molecular weight is 340 g/mol. The Kier molecular flexibility index (Phi) is 5.78. The van der Waals surface area contributed by atoms with E-state index in [-0.39, 0.29) is 5.41 Å². The van der Waals surface area contributed by atoms with Crippen molar-refractivity contribution >= 4 is 5.57 Å². The van der Waals surface area contributed by atoms with Crippen molar-refractivity contribution in [2.24, 2.45) is 5.41 Å². The number of aryl methyl sites for hydroxylation is 1. The zero-order valence-corrected chi connectivity index (χ0v) is 16.3. The highest BCUT2D eigenvalue weighted by Gasteiger charge is 2.21. The van der Waals surface area contributed by atoms with Crippen LogP contribution in [0.4, 0.5) is 0 Å². The molecule has 0 unspecified atom stereocenters. The smallest absolute Gasteiger partial charge is 0.134 e. The summed E-state index contributed by atoms with van der Waals surface area (Å²) >= 11 is 0. The maximum atomic E-state index is 5.67. The predicted molar refractivity (Wildman–Crippen MR) is 104 cm³/mol. The second kappa shape index (κ2) is 7.64. The number of methoxy groups -OCH3 is 3. The van der Waals surface area contributed by atoms with E-state index in [9.17, 15) is 0 Å². The first-order valence-corrected chi connectivity index (χ1v) is 8.39. The van der Waals surface area contributed by atoms with Gasteiger partial charge in [0.2, 0.25) is 0 Å². The summed E-state index contributed by atoms with van der Waals surface area (Å²) in [7, 11) is 4.98. The lowest BCUT2D eigenvalue weighted by Gasteiger charge is -2.21. The molecule has 0 aliphatic carbocycles. The normalized spacial score (nSPS) is 12.0. The third-order valence-corrected chi connectivity index (χ3v) is 3.92. The molecule has 134 valence electrons. The monoisotopic (exact) mass is 340 g/mol. The van der Waals surface area contributed by atoms with Crippen molar-refractivity contribution in [3.8, 4) is 17.2 Å². The van der Waals surface area contributed by atoms with E-state index in [1.807, 2.05) is 12.1 Å². The number of benzene rings is 2. The van der Waals surface area contributed by atoms with Gasteiger partial charge in [-0.15, -0.1) is 0 Å². The van der Waals surface area contributed by atoms with Gasteiger partial charge in [0.25, 0.3) is 0 Å². The Morgan fingerprint density at radius 2 is 1.36 bits per heavy atom. The van der Waals surface area contributed by atoms with Crippen LogP contribution in [0.5, 0.6) is 17.2 Å². The van der Waals surface area contributed by atoms with E-state index < -0.39 is 0 Å². The summed E-state index contributed by atoms with van der Waals surface area (Å²) in [6.07, 6.45) is 2.25. The Hall–Kier alpha value is -2.42. The van der Waals surface area contributed by atoms with Gasteiger partial charge in [-0.2, -0.15) is 0 Å².